The molecule has 0 aliphatic heterocycles. The molecule has 0 heterocycles. The maximum absolute atomic E-state index is 10.5. The minimum Gasteiger partial charge on any atom is -0.400 e. The van der Waals surface area contributed by atoms with Gasteiger partial charge >= 0.3 is 0 Å². The molecular formula is C12H23NO3. The van der Waals surface area contributed by atoms with Crippen LogP contribution in [0.4, 0.5) is 0 Å². The predicted octanol–water partition coefficient (Wildman–Crippen LogP) is 2.26. The third-order valence-electron chi connectivity index (χ3n) is 1.93. The Balaban J connectivity index is 0. The molecule has 1 aliphatic rings. The molecule has 0 unspecified atom stereocenters. The third-order valence-corrected chi connectivity index (χ3v) is 1.93. The highest BCUT2D eigenvalue weighted by atomic mass is 16.7. The van der Waals surface area contributed by atoms with Crippen LogP contribution < -0.4 is 0 Å². The number of hydrogen-bond donors (Lipinski definition) is 1. The monoisotopic (exact) mass is 229 g/mol. The van der Waals surface area contributed by atoms with Crippen LogP contribution in [0.2, 0.25) is 0 Å². The van der Waals surface area contributed by atoms with E-state index in [-0.39, 0.29) is 0 Å². The Bertz CT molecular complexity index is 234. The van der Waals surface area contributed by atoms with Crippen LogP contribution in [0.25, 0.3) is 0 Å². The molecule has 0 atom stereocenters. The molecular weight excluding hydrogens is 206 g/mol. The number of aliphatic hydroxyl groups is 1. The smallest absolute Gasteiger partial charge is 0.238 e. The SMILES string of the molecule is CC.CO.CON(C=O)C1=C(C)CCC=C1. The van der Waals surface area contributed by atoms with Crippen molar-refractivity contribution in [3.63, 3.8) is 0 Å². The normalized spacial score (nSPS) is 13.1. The highest BCUT2D eigenvalue weighted by Crippen LogP contribution is 2.20. The van der Waals surface area contributed by atoms with Crippen LogP contribution in [0.5, 0.6) is 0 Å². The number of rotatable bonds is 3. The molecule has 1 N–H and O–H groups in total. The number of amides is 1. The molecule has 0 bridgehead atoms. The predicted molar refractivity (Wildman–Crippen MR) is 65.5 cm³/mol. The van der Waals surface area contributed by atoms with E-state index in [4.69, 9.17) is 9.94 Å². The van der Waals surface area contributed by atoms with Gasteiger partial charge in [-0.1, -0.05) is 19.9 Å². The fraction of sp³-hybridized carbons (Fsp3) is 0.583. The summed E-state index contributed by atoms with van der Waals surface area (Å²) in [7, 11) is 2.48. The first-order chi connectivity index (χ1) is 7.79. The second-order valence-corrected chi connectivity index (χ2v) is 2.72. The van der Waals surface area contributed by atoms with Crippen LogP contribution in [0.3, 0.4) is 0 Å². The fourth-order valence-electron chi connectivity index (χ4n) is 1.22. The zero-order valence-electron chi connectivity index (χ0n) is 10.9. The topological polar surface area (TPSA) is 49.8 Å². The summed E-state index contributed by atoms with van der Waals surface area (Å²) in [4.78, 5) is 15.4. The lowest BCUT2D eigenvalue weighted by atomic mass is 10.0. The highest BCUT2D eigenvalue weighted by molar-refractivity contribution is 5.52. The number of carbonyl (C=O) groups excluding carboxylic acids is 1. The van der Waals surface area contributed by atoms with Gasteiger partial charge in [-0.3, -0.25) is 9.63 Å². The van der Waals surface area contributed by atoms with Crippen molar-refractivity contribution in [1.29, 1.82) is 0 Å². The number of hydroxylamine groups is 2. The van der Waals surface area contributed by atoms with Crippen molar-refractivity contribution in [1.82, 2.24) is 5.06 Å². The van der Waals surface area contributed by atoms with E-state index in [0.717, 1.165) is 25.6 Å². The Morgan fingerprint density at radius 1 is 1.44 bits per heavy atom. The zero-order chi connectivity index (χ0) is 13.0. The van der Waals surface area contributed by atoms with Crippen LogP contribution in [0.15, 0.2) is 23.4 Å². The van der Waals surface area contributed by atoms with Crippen molar-refractivity contribution < 1.29 is 14.7 Å². The zero-order valence-corrected chi connectivity index (χ0v) is 10.9. The van der Waals surface area contributed by atoms with Crippen LogP contribution in [0, 0.1) is 0 Å². The van der Waals surface area contributed by atoms with Gasteiger partial charge in [0.1, 0.15) is 0 Å². The second-order valence-electron chi connectivity index (χ2n) is 2.72. The van der Waals surface area contributed by atoms with Crippen molar-refractivity contribution in [3.05, 3.63) is 23.4 Å². The molecule has 0 aromatic carbocycles. The highest BCUT2D eigenvalue weighted by Gasteiger charge is 2.10. The summed E-state index contributed by atoms with van der Waals surface area (Å²) in [5.74, 6) is 0. The first kappa shape index (κ1) is 17.3. The molecule has 16 heavy (non-hydrogen) atoms. The minimum absolute atomic E-state index is 0.675. The Kier molecular flexibility index (Phi) is 12.9. The lowest BCUT2D eigenvalue weighted by Crippen LogP contribution is -2.20. The maximum Gasteiger partial charge on any atom is 0.238 e. The lowest BCUT2D eigenvalue weighted by Gasteiger charge is -2.20. The molecule has 0 saturated carbocycles. The minimum atomic E-state index is 0.675. The van der Waals surface area contributed by atoms with E-state index in [2.05, 4.69) is 0 Å². The molecule has 1 rings (SSSR count). The molecule has 0 spiro atoms. The molecule has 0 aromatic rings. The van der Waals surface area contributed by atoms with Gasteiger partial charge in [0, 0.05) is 7.11 Å². The van der Waals surface area contributed by atoms with Gasteiger partial charge in [0.05, 0.1) is 12.8 Å². The van der Waals surface area contributed by atoms with Gasteiger partial charge in [0.2, 0.25) is 6.41 Å². The molecule has 0 radical (unpaired) electrons. The van der Waals surface area contributed by atoms with Crippen LogP contribution in [0.1, 0.15) is 33.6 Å². The van der Waals surface area contributed by atoms with Crippen LogP contribution in [-0.4, -0.2) is 30.8 Å². The lowest BCUT2D eigenvalue weighted by molar-refractivity contribution is -0.149. The first-order valence-corrected chi connectivity index (χ1v) is 5.39. The van der Waals surface area contributed by atoms with E-state index in [0.29, 0.717) is 6.41 Å². The summed E-state index contributed by atoms with van der Waals surface area (Å²) in [5.41, 5.74) is 2.05. The van der Waals surface area contributed by atoms with Crippen molar-refractivity contribution in [2.24, 2.45) is 0 Å². The maximum atomic E-state index is 10.5. The number of allylic oxidation sites excluding steroid dienone is 3. The Morgan fingerprint density at radius 2 is 2.00 bits per heavy atom. The molecule has 94 valence electrons. The summed E-state index contributed by atoms with van der Waals surface area (Å²) in [6.07, 6.45) is 6.67. The van der Waals surface area contributed by atoms with Gasteiger partial charge in [-0.25, -0.2) is 0 Å². The molecule has 0 fully saturated rings. The van der Waals surface area contributed by atoms with Crippen molar-refractivity contribution in [3.8, 4) is 0 Å². The van der Waals surface area contributed by atoms with E-state index >= 15 is 0 Å². The molecule has 1 amide bonds. The van der Waals surface area contributed by atoms with Gasteiger partial charge in [-0.2, -0.15) is 5.06 Å². The number of hydrogen-bond acceptors (Lipinski definition) is 3. The quantitative estimate of drug-likeness (QED) is 0.596. The average Bonchev–Trinajstić information content (AvgIpc) is 2.38. The van der Waals surface area contributed by atoms with Gasteiger partial charge in [0.15, 0.2) is 0 Å². The molecule has 1 aliphatic carbocycles. The molecule has 0 saturated heterocycles. The largest absolute Gasteiger partial charge is 0.400 e. The summed E-state index contributed by atoms with van der Waals surface area (Å²) in [6.45, 7) is 6.01. The third kappa shape index (κ3) is 5.68. The Morgan fingerprint density at radius 3 is 2.38 bits per heavy atom. The van der Waals surface area contributed by atoms with E-state index in [1.165, 1.54) is 17.7 Å². The summed E-state index contributed by atoms with van der Waals surface area (Å²) >= 11 is 0. The van der Waals surface area contributed by atoms with Crippen LogP contribution in [-0.2, 0) is 9.63 Å². The fourth-order valence-corrected chi connectivity index (χ4v) is 1.22. The number of carbonyl (C=O) groups is 1. The van der Waals surface area contributed by atoms with Crippen molar-refractivity contribution in [2.45, 2.75) is 33.6 Å². The van der Waals surface area contributed by atoms with E-state index in [1.54, 1.807) is 0 Å². The summed E-state index contributed by atoms with van der Waals surface area (Å²) in [5, 5.41) is 8.24. The van der Waals surface area contributed by atoms with Gasteiger partial charge in [-0.05, 0) is 31.4 Å². The van der Waals surface area contributed by atoms with Crippen molar-refractivity contribution in [2.75, 3.05) is 14.2 Å². The van der Waals surface area contributed by atoms with Gasteiger partial charge in [0.25, 0.3) is 0 Å². The molecule has 0 aromatic heterocycles. The summed E-state index contributed by atoms with van der Waals surface area (Å²) in [6, 6.07) is 0. The van der Waals surface area contributed by atoms with Crippen molar-refractivity contribution >= 4 is 6.41 Å². The number of aliphatic hydroxyl groups excluding tert-OH is 1. The second kappa shape index (κ2) is 11.9. The standard InChI is InChI=1S/C9H13NO2.C2H6.CH4O/c1-8-5-3-4-6-9(8)10(7-11)12-2;2*1-2/h4,6-7H,3,5H2,1-2H3;1-2H3;2H,1H3. The first-order valence-electron chi connectivity index (χ1n) is 5.39. The van der Waals surface area contributed by atoms with Gasteiger partial charge in [-0.15, -0.1) is 0 Å². The van der Waals surface area contributed by atoms with E-state index in [9.17, 15) is 4.79 Å². The summed E-state index contributed by atoms with van der Waals surface area (Å²) < 4.78 is 0. The molecule has 4 heteroatoms. The Hall–Kier alpha value is -1.13. The van der Waals surface area contributed by atoms with Crippen LogP contribution >= 0.6 is 0 Å². The molecule has 4 nitrogen and oxygen atoms in total. The Labute approximate surface area is 98.2 Å². The average molecular weight is 229 g/mol. The van der Waals surface area contributed by atoms with E-state index < -0.39 is 0 Å². The van der Waals surface area contributed by atoms with Gasteiger partial charge < -0.3 is 5.11 Å². The van der Waals surface area contributed by atoms with E-state index in [1.807, 2.05) is 32.9 Å². The number of nitrogens with zero attached hydrogens (tertiary/aromatic N) is 1.